The van der Waals surface area contributed by atoms with Gasteiger partial charge in [-0.05, 0) is 61.4 Å². The molecule has 0 saturated heterocycles. The monoisotopic (exact) mass is 369 g/mol. The van der Waals surface area contributed by atoms with Crippen LogP contribution in [0.4, 0.5) is 5.69 Å². The summed E-state index contributed by atoms with van der Waals surface area (Å²) in [6, 6.07) is 12.9. The Hall–Kier alpha value is -2.95. The number of nitrogens with one attached hydrogen (secondary N) is 1. The molecule has 0 aromatic heterocycles. The van der Waals surface area contributed by atoms with Crippen LogP contribution in [-0.4, -0.2) is 26.2 Å². The highest BCUT2D eigenvalue weighted by molar-refractivity contribution is 6.01. The van der Waals surface area contributed by atoms with Gasteiger partial charge < -0.3 is 19.5 Å². The molecule has 0 bridgehead atoms. The zero-order valence-electron chi connectivity index (χ0n) is 16.2. The fraction of sp³-hybridized carbons (Fsp3) is 0.318. The minimum atomic E-state index is -0.206. The topological polar surface area (TPSA) is 56.8 Å². The molecule has 0 aliphatic heterocycles. The summed E-state index contributed by atoms with van der Waals surface area (Å²) in [4.78, 5) is 12.1. The quantitative estimate of drug-likeness (QED) is 0.477. The van der Waals surface area contributed by atoms with Crippen LogP contribution in [0.15, 0.2) is 48.5 Å². The van der Waals surface area contributed by atoms with E-state index < -0.39 is 0 Å². The summed E-state index contributed by atoms with van der Waals surface area (Å²) in [6.45, 7) is 5.31. The van der Waals surface area contributed by atoms with Crippen molar-refractivity contribution < 1.29 is 19.0 Å². The van der Waals surface area contributed by atoms with Crippen LogP contribution in [0.1, 0.15) is 32.3 Å². The predicted octanol–water partition coefficient (Wildman–Crippen LogP) is 4.92. The van der Waals surface area contributed by atoms with Gasteiger partial charge in [-0.1, -0.05) is 19.4 Å². The van der Waals surface area contributed by atoms with E-state index in [1.165, 1.54) is 6.08 Å². The number of hydrogen-bond acceptors (Lipinski definition) is 4. The second-order valence-electron chi connectivity index (χ2n) is 5.89. The van der Waals surface area contributed by atoms with E-state index in [0.717, 1.165) is 29.8 Å². The van der Waals surface area contributed by atoms with Crippen LogP contribution in [-0.2, 0) is 4.79 Å². The van der Waals surface area contributed by atoms with Crippen molar-refractivity contribution in [3.63, 3.8) is 0 Å². The van der Waals surface area contributed by atoms with Crippen LogP contribution in [0.2, 0.25) is 0 Å². The average molecular weight is 369 g/mol. The molecule has 5 heteroatoms. The molecule has 1 amide bonds. The van der Waals surface area contributed by atoms with Crippen LogP contribution in [0.5, 0.6) is 17.2 Å². The molecule has 2 aromatic rings. The van der Waals surface area contributed by atoms with Gasteiger partial charge in [0.05, 0.1) is 20.3 Å². The molecule has 0 fully saturated rings. The molecule has 0 saturated carbocycles. The Morgan fingerprint density at radius 1 is 1.04 bits per heavy atom. The van der Waals surface area contributed by atoms with Crippen molar-refractivity contribution in [3.05, 3.63) is 54.1 Å². The largest absolute Gasteiger partial charge is 0.494 e. The van der Waals surface area contributed by atoms with Crippen LogP contribution in [0, 0.1) is 0 Å². The lowest BCUT2D eigenvalue weighted by atomic mass is 10.2. The zero-order chi connectivity index (χ0) is 19.5. The van der Waals surface area contributed by atoms with Gasteiger partial charge in [0.2, 0.25) is 5.91 Å². The Labute approximate surface area is 161 Å². The number of benzene rings is 2. The van der Waals surface area contributed by atoms with Gasteiger partial charge in [-0.15, -0.1) is 0 Å². The van der Waals surface area contributed by atoms with Gasteiger partial charge in [0.25, 0.3) is 0 Å². The van der Waals surface area contributed by atoms with E-state index >= 15 is 0 Å². The van der Waals surface area contributed by atoms with E-state index in [1.807, 2.05) is 49.4 Å². The average Bonchev–Trinajstić information content (AvgIpc) is 2.69. The highest BCUT2D eigenvalue weighted by atomic mass is 16.5. The van der Waals surface area contributed by atoms with E-state index in [0.29, 0.717) is 24.7 Å². The summed E-state index contributed by atoms with van der Waals surface area (Å²) in [5.74, 6) is 1.92. The predicted molar refractivity (Wildman–Crippen MR) is 109 cm³/mol. The van der Waals surface area contributed by atoms with Crippen molar-refractivity contribution in [2.45, 2.75) is 26.7 Å². The molecule has 0 aliphatic rings. The molecular formula is C22H27NO4. The fourth-order valence-electron chi connectivity index (χ4n) is 2.39. The molecule has 0 heterocycles. The first-order valence-corrected chi connectivity index (χ1v) is 9.19. The lowest BCUT2D eigenvalue weighted by molar-refractivity contribution is -0.111. The maximum Gasteiger partial charge on any atom is 0.248 e. The maximum absolute atomic E-state index is 12.1. The standard InChI is InChI=1S/C22H27NO4/c1-4-6-15-27-19-11-9-18(10-12-19)23-22(24)14-8-17-7-13-20(26-5-2)21(16-17)25-3/h7-14,16H,4-6,15H2,1-3H3,(H,23,24). The van der Waals surface area contributed by atoms with Crippen LogP contribution in [0.3, 0.4) is 0 Å². The minimum absolute atomic E-state index is 0.206. The summed E-state index contributed by atoms with van der Waals surface area (Å²) in [5, 5.41) is 2.83. The highest BCUT2D eigenvalue weighted by Gasteiger charge is 2.04. The molecule has 2 aromatic carbocycles. The fourth-order valence-corrected chi connectivity index (χ4v) is 2.39. The number of rotatable bonds is 10. The Bertz CT molecular complexity index is 753. The summed E-state index contributed by atoms with van der Waals surface area (Å²) in [6.07, 6.45) is 5.34. The van der Waals surface area contributed by atoms with Crippen molar-refractivity contribution in [1.82, 2.24) is 0 Å². The first kappa shape index (κ1) is 20.4. The molecule has 0 atom stereocenters. The third kappa shape index (κ3) is 6.70. The van der Waals surface area contributed by atoms with E-state index in [-0.39, 0.29) is 5.91 Å². The van der Waals surface area contributed by atoms with E-state index in [4.69, 9.17) is 14.2 Å². The van der Waals surface area contributed by atoms with Gasteiger partial charge in [-0.25, -0.2) is 0 Å². The Kier molecular flexibility index (Phi) is 8.23. The Balaban J connectivity index is 1.93. The minimum Gasteiger partial charge on any atom is -0.494 e. The van der Waals surface area contributed by atoms with Gasteiger partial charge >= 0.3 is 0 Å². The number of methoxy groups -OCH3 is 1. The second-order valence-corrected chi connectivity index (χ2v) is 5.89. The SMILES string of the molecule is CCCCOc1ccc(NC(=O)C=Cc2ccc(OCC)c(OC)c2)cc1. The third-order valence-electron chi connectivity index (χ3n) is 3.80. The van der Waals surface area contributed by atoms with E-state index in [2.05, 4.69) is 12.2 Å². The molecule has 1 N–H and O–H groups in total. The first-order chi connectivity index (χ1) is 13.2. The molecule has 0 unspecified atom stereocenters. The van der Waals surface area contributed by atoms with Crippen molar-refractivity contribution >= 4 is 17.7 Å². The molecule has 0 spiro atoms. The number of unbranched alkanes of at least 4 members (excludes halogenated alkanes) is 1. The van der Waals surface area contributed by atoms with E-state index in [9.17, 15) is 4.79 Å². The lowest BCUT2D eigenvalue weighted by Crippen LogP contribution is -2.07. The lowest BCUT2D eigenvalue weighted by Gasteiger charge is -2.09. The van der Waals surface area contributed by atoms with Crippen LogP contribution < -0.4 is 19.5 Å². The molecule has 2 rings (SSSR count). The molecular weight excluding hydrogens is 342 g/mol. The number of amides is 1. The smallest absolute Gasteiger partial charge is 0.248 e. The van der Waals surface area contributed by atoms with Gasteiger partial charge in [-0.2, -0.15) is 0 Å². The highest BCUT2D eigenvalue weighted by Crippen LogP contribution is 2.28. The Morgan fingerprint density at radius 2 is 1.81 bits per heavy atom. The van der Waals surface area contributed by atoms with Crippen molar-refractivity contribution in [3.8, 4) is 17.2 Å². The van der Waals surface area contributed by atoms with Crippen molar-refractivity contribution in [1.29, 1.82) is 0 Å². The molecule has 0 aliphatic carbocycles. The molecule has 5 nitrogen and oxygen atoms in total. The number of hydrogen-bond donors (Lipinski definition) is 1. The summed E-state index contributed by atoms with van der Waals surface area (Å²) in [7, 11) is 1.59. The summed E-state index contributed by atoms with van der Waals surface area (Å²) in [5.41, 5.74) is 1.57. The van der Waals surface area contributed by atoms with Crippen molar-refractivity contribution in [2.75, 3.05) is 25.6 Å². The first-order valence-electron chi connectivity index (χ1n) is 9.19. The van der Waals surface area contributed by atoms with Crippen LogP contribution in [0.25, 0.3) is 6.08 Å². The summed E-state index contributed by atoms with van der Waals surface area (Å²) < 4.78 is 16.4. The second kappa shape index (κ2) is 10.9. The number of carbonyl (C=O) groups is 1. The van der Waals surface area contributed by atoms with E-state index in [1.54, 1.807) is 13.2 Å². The Morgan fingerprint density at radius 3 is 2.48 bits per heavy atom. The van der Waals surface area contributed by atoms with Gasteiger partial charge in [0.1, 0.15) is 5.75 Å². The number of carbonyl (C=O) groups excluding carboxylic acids is 1. The third-order valence-corrected chi connectivity index (χ3v) is 3.80. The summed E-state index contributed by atoms with van der Waals surface area (Å²) >= 11 is 0. The maximum atomic E-state index is 12.1. The van der Waals surface area contributed by atoms with Gasteiger partial charge in [-0.3, -0.25) is 4.79 Å². The van der Waals surface area contributed by atoms with Crippen molar-refractivity contribution in [2.24, 2.45) is 0 Å². The zero-order valence-corrected chi connectivity index (χ0v) is 16.2. The molecule has 0 radical (unpaired) electrons. The normalized spacial score (nSPS) is 10.6. The van der Waals surface area contributed by atoms with Gasteiger partial charge in [0.15, 0.2) is 11.5 Å². The number of ether oxygens (including phenoxy) is 3. The number of anilines is 1. The van der Waals surface area contributed by atoms with Crippen LogP contribution >= 0.6 is 0 Å². The van der Waals surface area contributed by atoms with Gasteiger partial charge in [0, 0.05) is 11.8 Å². The molecule has 144 valence electrons. The molecule has 27 heavy (non-hydrogen) atoms.